The van der Waals surface area contributed by atoms with E-state index in [1.807, 2.05) is 85.1 Å². The van der Waals surface area contributed by atoms with Gasteiger partial charge in [-0.25, -0.2) is 0 Å². The van der Waals surface area contributed by atoms with Gasteiger partial charge in [-0.05, 0) is 93.8 Å². The Morgan fingerprint density at radius 1 is 0.631 bits per heavy atom. The molecule has 7 heteroatoms. The van der Waals surface area contributed by atoms with E-state index in [2.05, 4.69) is 124 Å². The number of pyridine rings is 1. The van der Waals surface area contributed by atoms with Gasteiger partial charge in [-0.1, -0.05) is 131 Å². The summed E-state index contributed by atoms with van der Waals surface area (Å²) in [6.45, 7) is 13.4. The zero-order chi connectivity index (χ0) is 46.8. The van der Waals surface area contributed by atoms with Crippen LogP contribution in [0.2, 0.25) is 19.6 Å². The quantitative estimate of drug-likeness (QED) is 0.118. The molecule has 0 aliphatic heterocycles. The molecule has 325 valence electrons. The van der Waals surface area contributed by atoms with Crippen LogP contribution in [0.4, 0.5) is 0 Å². The van der Waals surface area contributed by atoms with E-state index in [-0.39, 0.29) is 37.5 Å². The van der Waals surface area contributed by atoms with Gasteiger partial charge < -0.3 is 18.4 Å². The first-order valence-electron chi connectivity index (χ1n) is 23.5. The van der Waals surface area contributed by atoms with Crippen LogP contribution in [0.1, 0.15) is 60.3 Å². The van der Waals surface area contributed by atoms with Gasteiger partial charge >= 0.3 is 0 Å². The maximum atomic E-state index is 8.62. The van der Waals surface area contributed by atoms with Crippen molar-refractivity contribution in [2.24, 2.45) is 0 Å². The van der Waals surface area contributed by atoms with Gasteiger partial charge in [0.1, 0.15) is 16.7 Å². The van der Waals surface area contributed by atoms with E-state index >= 15 is 0 Å². The Bertz CT molecular complexity index is 3580. The van der Waals surface area contributed by atoms with Crippen LogP contribution < -0.4 is 5.19 Å². The van der Waals surface area contributed by atoms with Crippen molar-refractivity contribution in [3.05, 3.63) is 181 Å². The number of aryl methyl sites for hydroxylation is 1. The molecule has 65 heavy (non-hydrogen) atoms. The Morgan fingerprint density at radius 3 is 2.02 bits per heavy atom. The number of nitrogens with zero attached hydrogens (tertiary/aromatic N) is 3. The fraction of sp³-hybridized carbons (Fsp3) is 0.172. The number of benzene rings is 7. The molecule has 0 saturated heterocycles. The van der Waals surface area contributed by atoms with Crippen LogP contribution in [-0.2, 0) is 20.1 Å². The van der Waals surface area contributed by atoms with Gasteiger partial charge in [-0.15, -0.1) is 54.1 Å². The molecule has 0 N–H and O–H groups in total. The number of imidazole rings is 1. The summed E-state index contributed by atoms with van der Waals surface area (Å²) < 4.78 is 40.9. The van der Waals surface area contributed by atoms with Crippen LogP contribution in [-0.4, -0.2) is 22.6 Å². The summed E-state index contributed by atoms with van der Waals surface area (Å²) in [5.74, 6) is 0.807. The number of para-hydroxylation sites is 2. The molecule has 0 fully saturated rings. The minimum Gasteiger partial charge on any atom is -0.501 e. The molecule has 4 aromatic heterocycles. The van der Waals surface area contributed by atoms with E-state index in [4.69, 9.17) is 17.9 Å². The van der Waals surface area contributed by atoms with Crippen LogP contribution in [0.3, 0.4) is 0 Å². The summed E-state index contributed by atoms with van der Waals surface area (Å²) >= 11 is 0. The SMILES string of the molecule is C[Si](C)(C)c1ccc(-c2[c-]cccc2)nc1.[2H]C([2H])([2H])c1cccc2nc(-c3[c-]ccc4c3oc3cc5c(cc34)oc3ccccc35)n(-c3c(C(C)C)cc(-c4ccccc4)cc3C(C)C)c12.[Ir]. The fourth-order valence-electron chi connectivity index (χ4n) is 8.80. The van der Waals surface area contributed by atoms with E-state index < -0.39 is 14.9 Å². The standard InChI is InChI=1S/C44H35N2O2.C14H16NSi.Ir/c1-25(2)33-21-29(28-14-7-6-8-15-28)22-34(26(3)4)42(33)46-41-27(5)13-11-19-37(41)45-44(46)32-18-12-17-31-36-24-39-35(23-40(36)48-43(31)32)30-16-9-10-20-38(30)47-39;1-16(2,3)13-9-10-14(15-11-13)12-7-5-4-6-8-12;/h6-17,19-26H,1-5H3;4-7,9-11H,1-3H3;/q2*-1;/i5D3;;. The third-order valence-electron chi connectivity index (χ3n) is 12.2. The normalized spacial score (nSPS) is 12.7. The number of aromatic nitrogens is 3. The maximum Gasteiger partial charge on any atom is 0.136 e. The van der Waals surface area contributed by atoms with Crippen molar-refractivity contribution in [2.45, 2.75) is 66.0 Å². The predicted octanol–water partition coefficient (Wildman–Crippen LogP) is 15.6. The molecule has 0 unspecified atom stereocenters. The number of furan rings is 2. The molecule has 0 aliphatic rings. The van der Waals surface area contributed by atoms with Crippen LogP contribution >= 0.6 is 0 Å². The molecule has 7 aromatic carbocycles. The van der Waals surface area contributed by atoms with Crippen molar-refractivity contribution in [3.63, 3.8) is 0 Å². The van der Waals surface area contributed by atoms with Gasteiger partial charge in [-0.2, -0.15) is 0 Å². The van der Waals surface area contributed by atoms with Crippen molar-refractivity contribution in [3.8, 4) is 39.5 Å². The first-order chi connectivity index (χ1) is 32.2. The number of hydrogen-bond donors (Lipinski definition) is 0. The molecule has 0 saturated carbocycles. The largest absolute Gasteiger partial charge is 0.501 e. The second-order valence-electron chi connectivity index (χ2n) is 18.2. The minimum atomic E-state index is -2.37. The zero-order valence-electron chi connectivity index (χ0n) is 40.6. The monoisotopic (exact) mass is 1050 g/mol. The third kappa shape index (κ3) is 8.07. The maximum absolute atomic E-state index is 8.62. The fourth-order valence-corrected chi connectivity index (χ4v) is 9.84. The molecule has 0 atom stereocenters. The van der Waals surface area contributed by atoms with Crippen LogP contribution in [0.5, 0.6) is 0 Å². The van der Waals surface area contributed by atoms with Crippen molar-refractivity contribution in [1.82, 2.24) is 14.5 Å². The van der Waals surface area contributed by atoms with Crippen molar-refractivity contribution in [1.29, 1.82) is 0 Å². The van der Waals surface area contributed by atoms with Gasteiger partial charge in [0.2, 0.25) is 0 Å². The molecule has 11 aromatic rings. The van der Waals surface area contributed by atoms with Crippen LogP contribution in [0, 0.1) is 19.0 Å². The topological polar surface area (TPSA) is 57.0 Å². The van der Waals surface area contributed by atoms with Crippen molar-refractivity contribution in [2.75, 3.05) is 0 Å². The minimum absolute atomic E-state index is 0. The predicted molar refractivity (Wildman–Crippen MR) is 270 cm³/mol. The molecule has 0 spiro atoms. The first-order valence-corrected chi connectivity index (χ1v) is 25.5. The number of fused-ring (bicyclic) bond motifs is 7. The molecule has 0 bridgehead atoms. The summed E-state index contributed by atoms with van der Waals surface area (Å²) in [5, 5.41) is 5.24. The molecule has 11 rings (SSSR count). The molecule has 5 nitrogen and oxygen atoms in total. The van der Waals surface area contributed by atoms with E-state index in [0.29, 0.717) is 28.0 Å². The molecule has 0 aliphatic carbocycles. The second kappa shape index (κ2) is 17.5. The Hall–Kier alpha value is -6.37. The molecule has 4 heterocycles. The summed E-state index contributed by atoms with van der Waals surface area (Å²) in [6.07, 6.45) is 2.02. The second-order valence-corrected chi connectivity index (χ2v) is 23.3. The first kappa shape index (κ1) is 40.2. The summed E-state index contributed by atoms with van der Waals surface area (Å²) in [7, 11) is -1.23. The molecular formula is C58H51IrN3O2Si-2. The molecule has 0 amide bonds. The summed E-state index contributed by atoms with van der Waals surface area (Å²) in [4.78, 5) is 9.74. The smallest absolute Gasteiger partial charge is 0.136 e. The zero-order valence-corrected chi connectivity index (χ0v) is 41.0. The van der Waals surface area contributed by atoms with E-state index in [0.717, 1.165) is 77.5 Å². The average Bonchev–Trinajstić information content (AvgIpc) is 4.01. The van der Waals surface area contributed by atoms with Crippen LogP contribution in [0.25, 0.3) is 94.4 Å². The van der Waals surface area contributed by atoms with Gasteiger partial charge in [0.05, 0.1) is 30.5 Å². The molecule has 1 radical (unpaired) electrons. The number of hydrogen-bond acceptors (Lipinski definition) is 4. The van der Waals surface area contributed by atoms with Crippen molar-refractivity contribution >= 4 is 68.2 Å². The third-order valence-corrected chi connectivity index (χ3v) is 14.2. The summed E-state index contributed by atoms with van der Waals surface area (Å²) in [6, 6.07) is 55.2. The Morgan fingerprint density at radius 2 is 1.34 bits per heavy atom. The van der Waals surface area contributed by atoms with E-state index in [1.165, 1.54) is 5.19 Å². The Kier molecular flexibility index (Phi) is 10.8. The Labute approximate surface area is 399 Å². The Balaban J connectivity index is 0.000000289. The number of rotatable bonds is 7. The van der Waals surface area contributed by atoms with Gasteiger partial charge in [0.25, 0.3) is 0 Å². The van der Waals surface area contributed by atoms with Gasteiger partial charge in [0.15, 0.2) is 0 Å². The molecular weight excluding hydrogens is 991 g/mol. The summed E-state index contributed by atoms with van der Waals surface area (Å²) in [5.41, 5.74) is 12.5. The van der Waals surface area contributed by atoms with Gasteiger partial charge in [-0.3, -0.25) is 4.98 Å². The van der Waals surface area contributed by atoms with Crippen molar-refractivity contribution < 1.29 is 33.1 Å². The van der Waals surface area contributed by atoms with E-state index in [1.54, 1.807) is 12.1 Å². The van der Waals surface area contributed by atoms with E-state index in [9.17, 15) is 0 Å². The van der Waals surface area contributed by atoms with Crippen LogP contribution in [0.15, 0.2) is 161 Å². The average molecular weight is 1050 g/mol. The van der Waals surface area contributed by atoms with Gasteiger partial charge in [0, 0.05) is 52.3 Å².